The second kappa shape index (κ2) is 11.1. The Hall–Kier alpha value is -4.26. The number of fused-ring (bicyclic) bond motifs is 1. The minimum atomic E-state index is 0.534. The monoisotopic (exact) mass is 539 g/mol. The molecule has 0 amide bonds. The van der Waals surface area contributed by atoms with Gasteiger partial charge < -0.3 is 0 Å². The Bertz CT molecular complexity index is 1720. The lowest BCUT2D eigenvalue weighted by Gasteiger charge is -2.31. The number of rotatable bonds is 6. The van der Waals surface area contributed by atoms with E-state index in [1.165, 1.54) is 10.6 Å². The molecule has 40 heavy (non-hydrogen) atoms. The van der Waals surface area contributed by atoms with E-state index in [0.717, 1.165) is 76.3 Å². The third kappa shape index (κ3) is 5.16. The molecule has 1 aliphatic rings. The van der Waals surface area contributed by atoms with Crippen LogP contribution in [0.1, 0.15) is 29.3 Å². The van der Waals surface area contributed by atoms with E-state index in [1.807, 2.05) is 49.1 Å². The maximum absolute atomic E-state index is 5.07. The smallest absolute Gasteiger partial charge is 0.0963 e. The number of thiazole rings is 1. The summed E-state index contributed by atoms with van der Waals surface area (Å²) in [6, 6.07) is 29.7. The molecule has 0 radical (unpaired) electrons. The van der Waals surface area contributed by atoms with Crippen LogP contribution in [-0.2, 0) is 6.54 Å². The summed E-state index contributed by atoms with van der Waals surface area (Å²) in [6.45, 7) is 3.14. The molecule has 1 saturated heterocycles. The molecule has 0 N–H and O–H groups in total. The molecule has 6 heteroatoms. The van der Waals surface area contributed by atoms with Crippen molar-refractivity contribution in [2.24, 2.45) is 0 Å². The van der Waals surface area contributed by atoms with Gasteiger partial charge in [-0.1, -0.05) is 60.7 Å². The summed E-state index contributed by atoms with van der Waals surface area (Å²) in [5, 5.41) is 2.30. The Balaban J connectivity index is 1.05. The number of benzene rings is 2. The Labute approximate surface area is 238 Å². The number of piperidine rings is 1. The van der Waals surface area contributed by atoms with Gasteiger partial charge in [0.15, 0.2) is 0 Å². The molecule has 0 spiro atoms. The van der Waals surface area contributed by atoms with Crippen molar-refractivity contribution in [3.8, 4) is 33.0 Å². The van der Waals surface area contributed by atoms with Gasteiger partial charge in [-0.05, 0) is 61.3 Å². The Morgan fingerprint density at radius 3 is 2.40 bits per heavy atom. The van der Waals surface area contributed by atoms with Crippen LogP contribution in [0.3, 0.4) is 0 Å². The SMILES string of the molecule is c1ccc(-c2cc3cnccc3nc2-c2ccc(CN3CCC(c4ncc(-c5ccccn5)s4)CC3)cc2)cc1. The van der Waals surface area contributed by atoms with E-state index in [9.17, 15) is 0 Å². The first-order valence-corrected chi connectivity index (χ1v) is 14.6. The Morgan fingerprint density at radius 2 is 1.60 bits per heavy atom. The van der Waals surface area contributed by atoms with Crippen LogP contribution in [0.25, 0.3) is 43.9 Å². The molecule has 6 aromatic rings. The van der Waals surface area contributed by atoms with Gasteiger partial charge in [0.05, 0.1) is 26.8 Å². The van der Waals surface area contributed by atoms with Gasteiger partial charge in [0.2, 0.25) is 0 Å². The predicted molar refractivity (Wildman–Crippen MR) is 163 cm³/mol. The first kappa shape index (κ1) is 24.8. The minimum absolute atomic E-state index is 0.534. The third-order valence-electron chi connectivity index (χ3n) is 7.71. The van der Waals surface area contributed by atoms with Gasteiger partial charge in [0.1, 0.15) is 0 Å². The van der Waals surface area contributed by atoms with Crippen molar-refractivity contribution in [2.75, 3.05) is 13.1 Å². The fourth-order valence-electron chi connectivity index (χ4n) is 5.54. The summed E-state index contributed by atoms with van der Waals surface area (Å²) < 4.78 is 0. The van der Waals surface area contributed by atoms with Crippen molar-refractivity contribution in [1.29, 1.82) is 0 Å². The largest absolute Gasteiger partial charge is 0.299 e. The van der Waals surface area contributed by atoms with Crippen molar-refractivity contribution in [3.63, 3.8) is 0 Å². The number of hydrogen-bond donors (Lipinski definition) is 0. The van der Waals surface area contributed by atoms with Crippen LogP contribution < -0.4 is 0 Å². The highest BCUT2D eigenvalue weighted by atomic mass is 32.1. The molecule has 1 fully saturated rings. The highest BCUT2D eigenvalue weighted by molar-refractivity contribution is 7.15. The second-order valence-electron chi connectivity index (χ2n) is 10.3. The molecule has 7 rings (SSSR count). The predicted octanol–water partition coefficient (Wildman–Crippen LogP) is 7.86. The summed E-state index contributed by atoms with van der Waals surface area (Å²) in [6.07, 6.45) is 9.81. The first-order chi connectivity index (χ1) is 19.8. The molecule has 0 aliphatic carbocycles. The molecule has 0 atom stereocenters. The average Bonchev–Trinajstić information content (AvgIpc) is 3.53. The lowest BCUT2D eigenvalue weighted by Crippen LogP contribution is -2.32. The number of hydrogen-bond acceptors (Lipinski definition) is 6. The van der Waals surface area contributed by atoms with Crippen molar-refractivity contribution >= 4 is 22.2 Å². The molecule has 2 aromatic carbocycles. The molecule has 5 heterocycles. The number of likely N-dealkylation sites (tertiary alicyclic amines) is 1. The summed E-state index contributed by atoms with van der Waals surface area (Å²) >= 11 is 1.80. The van der Waals surface area contributed by atoms with Crippen LogP contribution in [0.4, 0.5) is 0 Å². The minimum Gasteiger partial charge on any atom is -0.299 e. The molecule has 0 bridgehead atoms. The van der Waals surface area contributed by atoms with Gasteiger partial charge in [0, 0.05) is 53.8 Å². The molecular weight excluding hydrogens is 510 g/mol. The van der Waals surface area contributed by atoms with Crippen LogP contribution in [-0.4, -0.2) is 37.9 Å². The molecule has 0 unspecified atom stereocenters. The van der Waals surface area contributed by atoms with Crippen LogP contribution in [0.5, 0.6) is 0 Å². The highest BCUT2D eigenvalue weighted by Gasteiger charge is 2.23. The Kier molecular flexibility index (Phi) is 6.86. The third-order valence-corrected chi connectivity index (χ3v) is 8.89. The van der Waals surface area contributed by atoms with Crippen molar-refractivity contribution in [2.45, 2.75) is 25.3 Å². The summed E-state index contributed by atoms with van der Waals surface area (Å²) in [7, 11) is 0. The van der Waals surface area contributed by atoms with Crippen LogP contribution in [0, 0.1) is 0 Å². The van der Waals surface area contributed by atoms with Gasteiger partial charge in [-0.3, -0.25) is 14.9 Å². The number of aromatic nitrogens is 4. The van der Waals surface area contributed by atoms with Crippen LogP contribution >= 0.6 is 11.3 Å². The highest BCUT2D eigenvalue weighted by Crippen LogP contribution is 2.36. The van der Waals surface area contributed by atoms with Gasteiger partial charge in [-0.25, -0.2) is 9.97 Å². The zero-order valence-corrected chi connectivity index (χ0v) is 23.0. The van der Waals surface area contributed by atoms with Crippen molar-refractivity contribution < 1.29 is 0 Å². The molecule has 196 valence electrons. The van der Waals surface area contributed by atoms with Gasteiger partial charge >= 0.3 is 0 Å². The number of pyridine rings is 3. The zero-order chi connectivity index (χ0) is 26.7. The van der Waals surface area contributed by atoms with Crippen LogP contribution in [0.2, 0.25) is 0 Å². The van der Waals surface area contributed by atoms with Crippen LogP contribution in [0.15, 0.2) is 110 Å². The van der Waals surface area contributed by atoms with E-state index in [-0.39, 0.29) is 0 Å². The molecular formula is C34H29N5S. The maximum atomic E-state index is 5.07. The number of nitrogens with zero attached hydrogens (tertiary/aromatic N) is 5. The topological polar surface area (TPSA) is 54.8 Å². The fourth-order valence-corrected chi connectivity index (χ4v) is 6.61. The summed E-state index contributed by atoms with van der Waals surface area (Å²) in [5.74, 6) is 0.534. The lowest BCUT2D eigenvalue weighted by molar-refractivity contribution is 0.204. The molecule has 4 aromatic heterocycles. The molecule has 0 saturated carbocycles. The summed E-state index contributed by atoms with van der Waals surface area (Å²) in [5.41, 5.74) is 7.74. The average molecular weight is 540 g/mol. The maximum Gasteiger partial charge on any atom is 0.0963 e. The van der Waals surface area contributed by atoms with Gasteiger partial charge in [-0.15, -0.1) is 11.3 Å². The molecule has 1 aliphatic heterocycles. The summed E-state index contributed by atoms with van der Waals surface area (Å²) in [4.78, 5) is 22.3. The van der Waals surface area contributed by atoms with Crippen molar-refractivity contribution in [1.82, 2.24) is 24.8 Å². The normalized spacial score (nSPS) is 14.5. The van der Waals surface area contributed by atoms with E-state index in [2.05, 4.69) is 75.5 Å². The Morgan fingerprint density at radius 1 is 0.775 bits per heavy atom. The van der Waals surface area contributed by atoms with E-state index >= 15 is 0 Å². The van der Waals surface area contributed by atoms with E-state index in [0.29, 0.717) is 5.92 Å². The second-order valence-corrected chi connectivity index (χ2v) is 11.4. The first-order valence-electron chi connectivity index (χ1n) is 13.8. The quantitative estimate of drug-likeness (QED) is 0.216. The van der Waals surface area contributed by atoms with E-state index in [1.54, 1.807) is 11.3 Å². The van der Waals surface area contributed by atoms with E-state index < -0.39 is 0 Å². The zero-order valence-electron chi connectivity index (χ0n) is 22.1. The van der Waals surface area contributed by atoms with Crippen molar-refractivity contribution in [3.05, 3.63) is 120 Å². The lowest BCUT2D eigenvalue weighted by atomic mass is 9.96. The fraction of sp³-hybridized carbons (Fsp3) is 0.176. The molecule has 5 nitrogen and oxygen atoms in total. The van der Waals surface area contributed by atoms with Gasteiger partial charge in [-0.2, -0.15) is 0 Å². The van der Waals surface area contributed by atoms with Gasteiger partial charge in [0.25, 0.3) is 0 Å². The standard InChI is InChI=1S/C34H29N5S/c1-2-6-25(7-3-1)29-20-28-21-35-17-13-30(28)38-33(29)26-11-9-24(10-12-26)23-39-18-14-27(15-19-39)34-37-22-32(40-34)31-8-4-5-16-36-31/h1-13,16-17,20-22,27H,14-15,18-19,23H2. The van der Waals surface area contributed by atoms with E-state index in [4.69, 9.17) is 9.97 Å².